The van der Waals surface area contributed by atoms with Crippen LogP contribution in [0.1, 0.15) is 5.56 Å². The predicted molar refractivity (Wildman–Crippen MR) is 72.1 cm³/mol. The standard InChI is InChI=1S/C14H19F3N2O2/c15-14(16,17)9-21-12-3-1-10(2-4-12)5-18-6-11-7-19-8-13(11)20/h1-4,11,13,18-20H,5-9H2. The Kier molecular flexibility index (Phi) is 5.44. The topological polar surface area (TPSA) is 53.5 Å². The summed E-state index contributed by atoms with van der Waals surface area (Å²) in [4.78, 5) is 0. The van der Waals surface area contributed by atoms with Crippen LogP contribution in [0.4, 0.5) is 13.2 Å². The van der Waals surface area contributed by atoms with E-state index in [4.69, 9.17) is 0 Å². The monoisotopic (exact) mass is 304 g/mol. The molecule has 0 aliphatic carbocycles. The molecule has 3 N–H and O–H groups in total. The number of hydrogen-bond acceptors (Lipinski definition) is 4. The van der Waals surface area contributed by atoms with Crippen LogP contribution in [0.15, 0.2) is 24.3 Å². The summed E-state index contributed by atoms with van der Waals surface area (Å²) >= 11 is 0. The minimum atomic E-state index is -4.32. The van der Waals surface area contributed by atoms with Crippen LogP contribution >= 0.6 is 0 Å². The lowest BCUT2D eigenvalue weighted by molar-refractivity contribution is -0.153. The molecule has 1 aromatic carbocycles. The molecule has 1 aliphatic heterocycles. The third-order valence-electron chi connectivity index (χ3n) is 3.37. The van der Waals surface area contributed by atoms with Crippen LogP contribution in [0.3, 0.4) is 0 Å². The summed E-state index contributed by atoms with van der Waals surface area (Å²) in [5.41, 5.74) is 0.954. The highest BCUT2D eigenvalue weighted by Gasteiger charge is 2.28. The molecule has 0 amide bonds. The highest BCUT2D eigenvalue weighted by molar-refractivity contribution is 5.27. The molecule has 118 valence electrons. The van der Waals surface area contributed by atoms with Gasteiger partial charge in [0.25, 0.3) is 0 Å². The average molecular weight is 304 g/mol. The molecule has 0 saturated carbocycles. The molecule has 2 atom stereocenters. The second-order valence-corrected chi connectivity index (χ2v) is 5.16. The third-order valence-corrected chi connectivity index (χ3v) is 3.37. The van der Waals surface area contributed by atoms with Crippen molar-refractivity contribution in [3.8, 4) is 5.75 Å². The Balaban J connectivity index is 1.72. The number of hydrogen-bond donors (Lipinski definition) is 3. The lowest BCUT2D eigenvalue weighted by Gasteiger charge is -2.14. The molecule has 0 bridgehead atoms. The van der Waals surface area contributed by atoms with Crippen LogP contribution < -0.4 is 15.4 Å². The van der Waals surface area contributed by atoms with Gasteiger partial charge in [0.1, 0.15) is 5.75 Å². The van der Waals surface area contributed by atoms with Gasteiger partial charge in [-0.3, -0.25) is 0 Å². The molecule has 0 radical (unpaired) electrons. The van der Waals surface area contributed by atoms with E-state index in [0.717, 1.165) is 12.1 Å². The number of ether oxygens (including phenoxy) is 1. The summed E-state index contributed by atoms with van der Waals surface area (Å²) in [5.74, 6) is 0.394. The fourth-order valence-electron chi connectivity index (χ4n) is 2.20. The number of aliphatic hydroxyl groups excluding tert-OH is 1. The van der Waals surface area contributed by atoms with E-state index >= 15 is 0 Å². The number of rotatable bonds is 6. The van der Waals surface area contributed by atoms with E-state index in [9.17, 15) is 18.3 Å². The Morgan fingerprint density at radius 1 is 1.24 bits per heavy atom. The van der Waals surface area contributed by atoms with Gasteiger partial charge in [-0.1, -0.05) is 12.1 Å². The Hall–Kier alpha value is -1.31. The molecule has 1 heterocycles. The molecule has 1 aliphatic rings. The zero-order valence-corrected chi connectivity index (χ0v) is 11.5. The van der Waals surface area contributed by atoms with E-state index in [-0.39, 0.29) is 17.8 Å². The molecule has 0 aromatic heterocycles. The van der Waals surface area contributed by atoms with Gasteiger partial charge in [-0.05, 0) is 17.7 Å². The molecule has 7 heteroatoms. The first kappa shape index (κ1) is 16.1. The van der Waals surface area contributed by atoms with Gasteiger partial charge in [-0.15, -0.1) is 0 Å². The number of alkyl halides is 3. The van der Waals surface area contributed by atoms with Crippen LogP contribution in [0, 0.1) is 5.92 Å². The Labute approximate surface area is 121 Å². The molecule has 1 fully saturated rings. The Morgan fingerprint density at radius 3 is 2.52 bits per heavy atom. The Bertz CT molecular complexity index is 437. The lowest BCUT2D eigenvalue weighted by atomic mass is 10.1. The van der Waals surface area contributed by atoms with E-state index in [1.54, 1.807) is 12.1 Å². The van der Waals surface area contributed by atoms with Gasteiger partial charge in [0, 0.05) is 32.1 Å². The van der Waals surface area contributed by atoms with Crippen molar-refractivity contribution in [2.24, 2.45) is 5.92 Å². The third kappa shape index (κ3) is 5.53. The zero-order valence-electron chi connectivity index (χ0n) is 11.5. The summed E-state index contributed by atoms with van der Waals surface area (Å²) in [7, 11) is 0. The second kappa shape index (κ2) is 7.11. The van der Waals surface area contributed by atoms with E-state index in [1.165, 1.54) is 12.1 Å². The number of β-amino-alcohol motifs (C(OH)–C–C–N with tert-alkyl or cyclic N) is 1. The van der Waals surface area contributed by atoms with Gasteiger partial charge in [-0.25, -0.2) is 0 Å². The molecule has 2 rings (SSSR count). The van der Waals surface area contributed by atoms with Gasteiger partial charge >= 0.3 is 6.18 Å². The fraction of sp³-hybridized carbons (Fsp3) is 0.571. The van der Waals surface area contributed by atoms with E-state index in [1.807, 2.05) is 0 Å². The van der Waals surface area contributed by atoms with Crippen LogP contribution in [-0.2, 0) is 6.54 Å². The first-order valence-electron chi connectivity index (χ1n) is 6.82. The number of benzene rings is 1. The quantitative estimate of drug-likeness (QED) is 0.741. The number of nitrogens with one attached hydrogen (secondary N) is 2. The van der Waals surface area contributed by atoms with Gasteiger partial charge in [0.05, 0.1) is 6.10 Å². The molecular formula is C14H19F3N2O2. The molecular weight excluding hydrogens is 285 g/mol. The van der Waals surface area contributed by atoms with Gasteiger partial charge in [0.2, 0.25) is 0 Å². The van der Waals surface area contributed by atoms with Crippen molar-refractivity contribution in [3.63, 3.8) is 0 Å². The largest absolute Gasteiger partial charge is 0.484 e. The van der Waals surface area contributed by atoms with Crippen molar-refractivity contribution in [2.75, 3.05) is 26.2 Å². The fourth-order valence-corrected chi connectivity index (χ4v) is 2.20. The summed E-state index contributed by atoms with van der Waals surface area (Å²) in [6, 6.07) is 6.49. The molecule has 0 spiro atoms. The van der Waals surface area contributed by atoms with Crippen molar-refractivity contribution in [1.82, 2.24) is 10.6 Å². The normalized spacial score (nSPS) is 22.5. The van der Waals surface area contributed by atoms with Gasteiger partial charge < -0.3 is 20.5 Å². The summed E-state index contributed by atoms with van der Waals surface area (Å²) < 4.78 is 40.7. The minimum absolute atomic E-state index is 0.194. The van der Waals surface area contributed by atoms with Crippen LogP contribution in [0.5, 0.6) is 5.75 Å². The summed E-state index contributed by atoms with van der Waals surface area (Å²) in [6.45, 7) is 1.43. The maximum Gasteiger partial charge on any atom is 0.422 e. The van der Waals surface area contributed by atoms with E-state index < -0.39 is 12.8 Å². The first-order valence-corrected chi connectivity index (χ1v) is 6.82. The van der Waals surface area contributed by atoms with Crippen molar-refractivity contribution in [1.29, 1.82) is 0 Å². The molecule has 1 aromatic rings. The highest BCUT2D eigenvalue weighted by atomic mass is 19.4. The summed E-state index contributed by atoms with van der Waals surface area (Å²) in [6.07, 6.45) is -4.65. The molecule has 2 unspecified atom stereocenters. The Morgan fingerprint density at radius 2 is 1.95 bits per heavy atom. The van der Waals surface area contributed by atoms with Crippen molar-refractivity contribution in [2.45, 2.75) is 18.8 Å². The maximum absolute atomic E-state index is 12.0. The summed E-state index contributed by atoms with van der Waals surface area (Å²) in [5, 5.41) is 16.0. The van der Waals surface area contributed by atoms with E-state index in [0.29, 0.717) is 19.6 Å². The second-order valence-electron chi connectivity index (χ2n) is 5.16. The lowest BCUT2D eigenvalue weighted by Crippen LogP contribution is -2.30. The van der Waals surface area contributed by atoms with Crippen molar-refractivity contribution >= 4 is 0 Å². The average Bonchev–Trinajstić information content (AvgIpc) is 2.83. The van der Waals surface area contributed by atoms with Crippen LogP contribution in [0.2, 0.25) is 0 Å². The van der Waals surface area contributed by atoms with E-state index in [2.05, 4.69) is 15.4 Å². The first-order chi connectivity index (χ1) is 9.94. The molecule has 21 heavy (non-hydrogen) atoms. The SMILES string of the molecule is OC1CNCC1CNCc1ccc(OCC(F)(F)F)cc1. The predicted octanol–water partition coefficient (Wildman–Crippen LogP) is 1.30. The van der Waals surface area contributed by atoms with Crippen LogP contribution in [0.25, 0.3) is 0 Å². The van der Waals surface area contributed by atoms with Gasteiger partial charge in [-0.2, -0.15) is 13.2 Å². The smallest absolute Gasteiger partial charge is 0.422 e. The zero-order chi connectivity index (χ0) is 15.3. The highest BCUT2D eigenvalue weighted by Crippen LogP contribution is 2.18. The number of halogens is 3. The number of aliphatic hydroxyl groups is 1. The maximum atomic E-state index is 12.0. The van der Waals surface area contributed by atoms with Crippen molar-refractivity contribution in [3.05, 3.63) is 29.8 Å². The molecule has 4 nitrogen and oxygen atoms in total. The van der Waals surface area contributed by atoms with Crippen LogP contribution in [-0.4, -0.2) is 43.6 Å². The minimum Gasteiger partial charge on any atom is -0.484 e. The van der Waals surface area contributed by atoms with Crippen molar-refractivity contribution < 1.29 is 23.0 Å². The van der Waals surface area contributed by atoms with Gasteiger partial charge in [0.15, 0.2) is 6.61 Å². The molecule has 1 saturated heterocycles.